The van der Waals surface area contributed by atoms with E-state index in [1.165, 1.54) is 12.5 Å². The van der Waals surface area contributed by atoms with Crippen LogP contribution in [0.15, 0.2) is 12.1 Å². The number of hydrogen-bond donors (Lipinski definition) is 1. The molecule has 0 spiro atoms. The molecule has 1 aromatic carbocycles. The molecule has 0 aromatic heterocycles. The SMILES string of the molecule is COc1cc2c(cc1CCNC(C)=O)OC(C)C2. The summed E-state index contributed by atoms with van der Waals surface area (Å²) < 4.78 is 11.1. The summed E-state index contributed by atoms with van der Waals surface area (Å²) >= 11 is 0. The highest BCUT2D eigenvalue weighted by Gasteiger charge is 2.21. The van der Waals surface area contributed by atoms with Crippen LogP contribution in [-0.4, -0.2) is 25.7 Å². The minimum atomic E-state index is -0.0139. The monoisotopic (exact) mass is 249 g/mol. The Hall–Kier alpha value is -1.71. The minimum absolute atomic E-state index is 0.0139. The topological polar surface area (TPSA) is 47.6 Å². The van der Waals surface area contributed by atoms with Crippen molar-refractivity contribution in [1.82, 2.24) is 5.32 Å². The summed E-state index contributed by atoms with van der Waals surface area (Å²) in [5, 5.41) is 2.79. The van der Waals surface area contributed by atoms with E-state index < -0.39 is 0 Å². The molecule has 1 aromatic rings. The lowest BCUT2D eigenvalue weighted by atomic mass is 10.0. The Labute approximate surface area is 107 Å². The molecule has 0 saturated heterocycles. The van der Waals surface area contributed by atoms with Gasteiger partial charge in [-0.2, -0.15) is 0 Å². The van der Waals surface area contributed by atoms with Crippen LogP contribution in [0.5, 0.6) is 11.5 Å². The van der Waals surface area contributed by atoms with Crippen molar-refractivity contribution in [2.75, 3.05) is 13.7 Å². The lowest BCUT2D eigenvalue weighted by Crippen LogP contribution is -2.22. The molecule has 1 heterocycles. The minimum Gasteiger partial charge on any atom is -0.496 e. The van der Waals surface area contributed by atoms with Crippen LogP contribution < -0.4 is 14.8 Å². The first-order valence-corrected chi connectivity index (χ1v) is 6.21. The highest BCUT2D eigenvalue weighted by molar-refractivity contribution is 5.72. The van der Waals surface area contributed by atoms with Crippen molar-refractivity contribution < 1.29 is 14.3 Å². The molecule has 1 aliphatic rings. The van der Waals surface area contributed by atoms with E-state index in [2.05, 4.69) is 12.2 Å². The Morgan fingerprint density at radius 3 is 3.00 bits per heavy atom. The van der Waals surface area contributed by atoms with Crippen LogP contribution in [0.3, 0.4) is 0 Å². The Balaban J connectivity index is 2.14. The van der Waals surface area contributed by atoms with Crippen molar-refractivity contribution in [2.24, 2.45) is 0 Å². The molecule has 18 heavy (non-hydrogen) atoms. The fraction of sp³-hybridized carbons (Fsp3) is 0.500. The van der Waals surface area contributed by atoms with Gasteiger partial charge in [-0.25, -0.2) is 0 Å². The molecule has 0 fully saturated rings. The van der Waals surface area contributed by atoms with Gasteiger partial charge in [0.25, 0.3) is 0 Å². The van der Waals surface area contributed by atoms with E-state index in [1.54, 1.807) is 7.11 Å². The van der Waals surface area contributed by atoms with Crippen LogP contribution in [-0.2, 0) is 17.6 Å². The zero-order valence-electron chi connectivity index (χ0n) is 11.1. The van der Waals surface area contributed by atoms with Gasteiger partial charge < -0.3 is 14.8 Å². The number of amides is 1. The van der Waals surface area contributed by atoms with Gasteiger partial charge in [0.15, 0.2) is 0 Å². The molecule has 0 bridgehead atoms. The average Bonchev–Trinajstić information content (AvgIpc) is 2.66. The Morgan fingerprint density at radius 2 is 2.33 bits per heavy atom. The van der Waals surface area contributed by atoms with Gasteiger partial charge in [0.1, 0.15) is 17.6 Å². The maximum Gasteiger partial charge on any atom is 0.216 e. The number of fused-ring (bicyclic) bond motifs is 1. The molecule has 98 valence electrons. The molecule has 0 aliphatic carbocycles. The van der Waals surface area contributed by atoms with Gasteiger partial charge in [-0.3, -0.25) is 4.79 Å². The standard InChI is InChI=1S/C14H19NO3/c1-9-6-12-8-13(17-3)11(7-14(12)18-9)4-5-15-10(2)16/h7-9H,4-6H2,1-3H3,(H,15,16). The number of ether oxygens (including phenoxy) is 2. The van der Waals surface area contributed by atoms with Gasteiger partial charge in [0.2, 0.25) is 5.91 Å². The maximum atomic E-state index is 10.9. The molecule has 1 unspecified atom stereocenters. The van der Waals surface area contributed by atoms with Crippen molar-refractivity contribution in [3.8, 4) is 11.5 Å². The number of benzene rings is 1. The fourth-order valence-corrected chi connectivity index (χ4v) is 2.24. The average molecular weight is 249 g/mol. The summed E-state index contributed by atoms with van der Waals surface area (Å²) in [6.45, 7) is 4.19. The Bertz CT molecular complexity index is 457. The molecular formula is C14H19NO3. The first-order valence-electron chi connectivity index (χ1n) is 6.21. The summed E-state index contributed by atoms with van der Waals surface area (Å²) in [7, 11) is 1.67. The van der Waals surface area contributed by atoms with Crippen molar-refractivity contribution in [2.45, 2.75) is 32.8 Å². The third-order valence-electron chi connectivity index (χ3n) is 3.07. The molecule has 4 nitrogen and oxygen atoms in total. The summed E-state index contributed by atoms with van der Waals surface area (Å²) in [6.07, 6.45) is 1.90. The van der Waals surface area contributed by atoms with E-state index >= 15 is 0 Å². The number of carbonyl (C=O) groups is 1. The Kier molecular flexibility index (Phi) is 3.75. The summed E-state index contributed by atoms with van der Waals surface area (Å²) in [4.78, 5) is 10.9. The predicted octanol–water partition coefficient (Wildman–Crippen LogP) is 1.70. The predicted molar refractivity (Wildman–Crippen MR) is 69.2 cm³/mol. The molecule has 2 rings (SSSR count). The third kappa shape index (κ3) is 2.75. The number of methoxy groups -OCH3 is 1. The highest BCUT2D eigenvalue weighted by Crippen LogP contribution is 2.35. The summed E-state index contributed by atoms with van der Waals surface area (Å²) in [6, 6.07) is 4.07. The van der Waals surface area contributed by atoms with E-state index in [1.807, 2.05) is 12.1 Å². The molecule has 1 amide bonds. The fourth-order valence-electron chi connectivity index (χ4n) is 2.24. The lowest BCUT2D eigenvalue weighted by Gasteiger charge is -2.11. The van der Waals surface area contributed by atoms with Gasteiger partial charge >= 0.3 is 0 Å². The molecule has 0 saturated carbocycles. The smallest absolute Gasteiger partial charge is 0.216 e. The highest BCUT2D eigenvalue weighted by atomic mass is 16.5. The normalized spacial score (nSPS) is 16.9. The summed E-state index contributed by atoms with van der Waals surface area (Å²) in [5.41, 5.74) is 2.27. The lowest BCUT2D eigenvalue weighted by molar-refractivity contribution is -0.118. The molecule has 0 radical (unpaired) electrons. The van der Waals surface area contributed by atoms with Crippen molar-refractivity contribution in [3.63, 3.8) is 0 Å². The first-order chi connectivity index (χ1) is 8.60. The zero-order valence-corrected chi connectivity index (χ0v) is 11.1. The Morgan fingerprint density at radius 1 is 1.56 bits per heavy atom. The van der Waals surface area contributed by atoms with Crippen LogP contribution in [0.1, 0.15) is 25.0 Å². The number of carbonyl (C=O) groups excluding carboxylic acids is 1. The van der Waals surface area contributed by atoms with Crippen LogP contribution >= 0.6 is 0 Å². The van der Waals surface area contributed by atoms with Gasteiger partial charge in [0, 0.05) is 25.5 Å². The second-order valence-electron chi connectivity index (χ2n) is 4.64. The van der Waals surface area contributed by atoms with E-state index in [0.29, 0.717) is 6.54 Å². The van der Waals surface area contributed by atoms with Gasteiger partial charge in [-0.05, 0) is 31.0 Å². The summed E-state index contributed by atoms with van der Waals surface area (Å²) in [5.74, 6) is 1.80. The quantitative estimate of drug-likeness (QED) is 0.883. The van der Waals surface area contributed by atoms with E-state index in [4.69, 9.17) is 9.47 Å². The molecule has 1 N–H and O–H groups in total. The van der Waals surface area contributed by atoms with Crippen LogP contribution in [0.2, 0.25) is 0 Å². The van der Waals surface area contributed by atoms with Crippen molar-refractivity contribution in [3.05, 3.63) is 23.3 Å². The van der Waals surface area contributed by atoms with Gasteiger partial charge in [-0.15, -0.1) is 0 Å². The third-order valence-corrected chi connectivity index (χ3v) is 3.07. The van der Waals surface area contributed by atoms with Crippen LogP contribution in [0.4, 0.5) is 0 Å². The molecule has 1 atom stereocenters. The van der Waals surface area contributed by atoms with Gasteiger partial charge in [-0.1, -0.05) is 0 Å². The molecule has 4 heteroatoms. The van der Waals surface area contributed by atoms with E-state index in [-0.39, 0.29) is 12.0 Å². The van der Waals surface area contributed by atoms with Crippen molar-refractivity contribution in [1.29, 1.82) is 0 Å². The van der Waals surface area contributed by atoms with Gasteiger partial charge in [0.05, 0.1) is 7.11 Å². The van der Waals surface area contributed by atoms with Crippen molar-refractivity contribution >= 4 is 5.91 Å². The van der Waals surface area contributed by atoms with E-state index in [0.717, 1.165) is 29.9 Å². The van der Waals surface area contributed by atoms with E-state index in [9.17, 15) is 4.79 Å². The second-order valence-corrected chi connectivity index (χ2v) is 4.64. The molecule has 1 aliphatic heterocycles. The second kappa shape index (κ2) is 5.29. The number of nitrogens with one attached hydrogen (secondary N) is 1. The number of hydrogen-bond acceptors (Lipinski definition) is 3. The van der Waals surface area contributed by atoms with Crippen LogP contribution in [0.25, 0.3) is 0 Å². The molecular weight excluding hydrogens is 230 g/mol. The number of rotatable bonds is 4. The van der Waals surface area contributed by atoms with Crippen LogP contribution in [0, 0.1) is 0 Å². The zero-order chi connectivity index (χ0) is 13.1. The maximum absolute atomic E-state index is 10.9. The largest absolute Gasteiger partial charge is 0.496 e. The first kappa shape index (κ1) is 12.7.